The Morgan fingerprint density at radius 3 is 2.42 bits per heavy atom. The molecule has 0 aliphatic rings. The van der Waals surface area contributed by atoms with Crippen LogP contribution in [0.1, 0.15) is 10.4 Å². The summed E-state index contributed by atoms with van der Waals surface area (Å²) in [4.78, 5) is 11.2. The predicted octanol–water partition coefficient (Wildman–Crippen LogP) is 4.35. The van der Waals surface area contributed by atoms with Gasteiger partial charge in [0.2, 0.25) is 0 Å². The Balaban J connectivity index is 2.17. The van der Waals surface area contributed by atoms with Crippen LogP contribution in [0.2, 0.25) is 10.0 Å². The van der Waals surface area contributed by atoms with Gasteiger partial charge in [-0.2, -0.15) is 0 Å². The molecule has 6 nitrogen and oxygen atoms in total. The number of sulfonamides is 1. The second-order valence-corrected chi connectivity index (χ2v) is 7.85. The average molecular weight is 412 g/mol. The highest BCUT2D eigenvalue weighted by Gasteiger charge is 2.24. The Labute approximate surface area is 158 Å². The minimum atomic E-state index is -4.35. The summed E-state index contributed by atoms with van der Waals surface area (Å²) < 4.78 is 27.5. The first-order valence-electron chi connectivity index (χ1n) is 7.16. The number of rotatable bonds is 4. The second kappa shape index (κ2) is 6.68. The summed E-state index contributed by atoms with van der Waals surface area (Å²) in [5, 5.41) is 20.3. The van der Waals surface area contributed by atoms with Gasteiger partial charge in [0.25, 0.3) is 10.0 Å². The largest absolute Gasteiger partial charge is 0.505 e. The Hall–Kier alpha value is -2.48. The van der Waals surface area contributed by atoms with Gasteiger partial charge >= 0.3 is 5.97 Å². The maximum Gasteiger partial charge on any atom is 0.338 e. The Morgan fingerprint density at radius 2 is 1.73 bits per heavy atom. The van der Waals surface area contributed by atoms with Crippen LogP contribution in [0, 0.1) is 0 Å². The van der Waals surface area contributed by atoms with E-state index in [0.29, 0.717) is 10.8 Å². The van der Waals surface area contributed by atoms with Gasteiger partial charge < -0.3 is 10.2 Å². The van der Waals surface area contributed by atoms with E-state index in [2.05, 4.69) is 4.72 Å². The summed E-state index contributed by atoms with van der Waals surface area (Å²) in [7, 11) is -4.35. The highest BCUT2D eigenvalue weighted by Crippen LogP contribution is 2.36. The molecule has 134 valence electrons. The van der Waals surface area contributed by atoms with Crippen LogP contribution in [-0.2, 0) is 10.0 Å². The number of fused-ring (bicyclic) bond motifs is 1. The van der Waals surface area contributed by atoms with Crippen LogP contribution in [0.25, 0.3) is 10.8 Å². The minimum Gasteiger partial charge on any atom is -0.505 e. The number of carboxylic acid groups (broad SMARTS) is 1. The molecular weight excluding hydrogens is 401 g/mol. The quantitative estimate of drug-likeness (QED) is 0.591. The van der Waals surface area contributed by atoms with Crippen molar-refractivity contribution in [3.05, 3.63) is 64.1 Å². The fourth-order valence-corrected chi connectivity index (χ4v) is 4.36. The van der Waals surface area contributed by atoms with Gasteiger partial charge in [0.1, 0.15) is 4.90 Å². The van der Waals surface area contributed by atoms with Crippen LogP contribution >= 0.6 is 23.2 Å². The van der Waals surface area contributed by atoms with Crippen LogP contribution in [0.15, 0.2) is 53.4 Å². The monoisotopic (exact) mass is 411 g/mol. The number of phenols is 1. The molecule has 0 aliphatic carbocycles. The van der Waals surface area contributed by atoms with Gasteiger partial charge in [0.15, 0.2) is 5.75 Å². The molecule has 3 N–H and O–H groups in total. The van der Waals surface area contributed by atoms with Gasteiger partial charge in [0, 0.05) is 5.02 Å². The van der Waals surface area contributed by atoms with Crippen molar-refractivity contribution >= 4 is 55.7 Å². The first kappa shape index (κ1) is 18.3. The summed E-state index contributed by atoms with van der Waals surface area (Å²) in [6.07, 6.45) is 0. The van der Waals surface area contributed by atoms with Crippen molar-refractivity contribution in [3.8, 4) is 5.75 Å². The van der Waals surface area contributed by atoms with Crippen molar-refractivity contribution in [1.82, 2.24) is 0 Å². The van der Waals surface area contributed by atoms with Crippen molar-refractivity contribution in [3.63, 3.8) is 0 Å². The third-order valence-electron chi connectivity index (χ3n) is 3.67. The van der Waals surface area contributed by atoms with Gasteiger partial charge in [-0.05, 0) is 29.0 Å². The molecule has 0 aliphatic heterocycles. The third kappa shape index (κ3) is 3.29. The number of hydrogen-bond acceptors (Lipinski definition) is 4. The van der Waals surface area contributed by atoms with Crippen LogP contribution in [-0.4, -0.2) is 24.6 Å². The van der Waals surface area contributed by atoms with E-state index in [1.807, 2.05) is 0 Å². The molecule has 3 rings (SSSR count). The molecular formula is C17H11Cl2NO5S. The van der Waals surface area contributed by atoms with Gasteiger partial charge in [-0.15, -0.1) is 0 Å². The SMILES string of the molecule is O=C(O)c1c(NS(=O)(=O)c2cc(Cl)cc(Cl)c2O)ccc2ccccc12. The first-order valence-corrected chi connectivity index (χ1v) is 9.40. The van der Waals surface area contributed by atoms with Gasteiger partial charge in [0.05, 0.1) is 16.3 Å². The summed E-state index contributed by atoms with van der Waals surface area (Å²) >= 11 is 11.6. The van der Waals surface area contributed by atoms with E-state index in [1.54, 1.807) is 30.3 Å². The Bertz CT molecular complexity index is 1150. The molecule has 26 heavy (non-hydrogen) atoms. The Morgan fingerprint density at radius 1 is 1.04 bits per heavy atom. The number of aromatic carboxylic acids is 1. The van der Waals surface area contributed by atoms with Crippen molar-refractivity contribution in [2.45, 2.75) is 4.90 Å². The van der Waals surface area contributed by atoms with Crippen LogP contribution < -0.4 is 4.72 Å². The van der Waals surface area contributed by atoms with Crippen molar-refractivity contribution in [1.29, 1.82) is 0 Å². The summed E-state index contributed by atoms with van der Waals surface area (Å²) in [6.45, 7) is 0. The fourth-order valence-electron chi connectivity index (χ4n) is 2.53. The zero-order valence-corrected chi connectivity index (χ0v) is 15.2. The molecule has 0 aromatic heterocycles. The summed E-state index contributed by atoms with van der Waals surface area (Å²) in [5.74, 6) is -1.98. The number of benzene rings is 3. The molecule has 0 bridgehead atoms. The van der Waals surface area contributed by atoms with E-state index in [9.17, 15) is 23.4 Å². The smallest absolute Gasteiger partial charge is 0.338 e. The molecule has 0 fully saturated rings. The number of phenolic OH excluding ortho intramolecular Hbond substituents is 1. The average Bonchev–Trinajstić information content (AvgIpc) is 2.57. The predicted molar refractivity (Wildman–Crippen MR) is 99.8 cm³/mol. The molecule has 0 saturated carbocycles. The first-order chi connectivity index (χ1) is 12.2. The third-order valence-corrected chi connectivity index (χ3v) is 5.56. The zero-order chi connectivity index (χ0) is 19.1. The number of hydrogen-bond donors (Lipinski definition) is 3. The number of carboxylic acids is 1. The second-order valence-electron chi connectivity index (χ2n) is 5.35. The van der Waals surface area contributed by atoms with E-state index in [4.69, 9.17) is 23.2 Å². The molecule has 9 heteroatoms. The van der Waals surface area contributed by atoms with E-state index in [-0.39, 0.29) is 21.3 Å². The molecule has 3 aromatic rings. The molecule has 3 aromatic carbocycles. The Kier molecular flexibility index (Phi) is 4.70. The lowest BCUT2D eigenvalue weighted by Crippen LogP contribution is -2.16. The summed E-state index contributed by atoms with van der Waals surface area (Å²) in [5.41, 5.74) is -0.356. The van der Waals surface area contributed by atoms with Crippen LogP contribution in [0.5, 0.6) is 5.75 Å². The molecule has 0 atom stereocenters. The van der Waals surface area contributed by atoms with Crippen molar-refractivity contribution in [2.75, 3.05) is 4.72 Å². The van der Waals surface area contributed by atoms with Crippen LogP contribution in [0.3, 0.4) is 0 Å². The van der Waals surface area contributed by atoms with Gasteiger partial charge in [-0.25, -0.2) is 13.2 Å². The number of nitrogens with one attached hydrogen (secondary N) is 1. The van der Waals surface area contributed by atoms with Gasteiger partial charge in [-0.3, -0.25) is 4.72 Å². The molecule has 0 unspecified atom stereocenters. The summed E-state index contributed by atoms with van der Waals surface area (Å²) in [6, 6.07) is 11.8. The fraction of sp³-hybridized carbons (Fsp3) is 0. The molecule has 0 heterocycles. The number of halogens is 2. The van der Waals surface area contributed by atoms with E-state index in [0.717, 1.165) is 6.07 Å². The maximum absolute atomic E-state index is 12.7. The standard InChI is InChI=1S/C17H11Cl2NO5S/c18-10-7-12(19)16(21)14(8-10)26(24,25)20-13-6-5-9-3-1-2-4-11(9)15(13)17(22)23/h1-8,20-21H,(H,22,23). The molecule has 0 spiro atoms. The maximum atomic E-state index is 12.7. The lowest BCUT2D eigenvalue weighted by Gasteiger charge is -2.14. The normalized spacial score (nSPS) is 11.5. The van der Waals surface area contributed by atoms with Crippen LogP contribution in [0.4, 0.5) is 5.69 Å². The van der Waals surface area contributed by atoms with E-state index in [1.165, 1.54) is 12.1 Å². The van der Waals surface area contributed by atoms with Crippen molar-refractivity contribution < 1.29 is 23.4 Å². The van der Waals surface area contributed by atoms with E-state index >= 15 is 0 Å². The highest BCUT2D eigenvalue weighted by atomic mass is 35.5. The topological polar surface area (TPSA) is 104 Å². The number of anilines is 1. The van der Waals surface area contributed by atoms with E-state index < -0.39 is 26.6 Å². The lowest BCUT2D eigenvalue weighted by molar-refractivity contribution is 0.0700. The molecule has 0 saturated heterocycles. The zero-order valence-electron chi connectivity index (χ0n) is 12.9. The van der Waals surface area contributed by atoms with Gasteiger partial charge in [-0.1, -0.05) is 53.5 Å². The number of carbonyl (C=O) groups is 1. The lowest BCUT2D eigenvalue weighted by atomic mass is 10.0. The molecule has 0 amide bonds. The highest BCUT2D eigenvalue weighted by molar-refractivity contribution is 7.92. The minimum absolute atomic E-state index is 0.00476. The number of aromatic hydroxyl groups is 1. The molecule has 0 radical (unpaired) electrons. The van der Waals surface area contributed by atoms with Crippen molar-refractivity contribution in [2.24, 2.45) is 0 Å².